The van der Waals surface area contributed by atoms with E-state index in [0.29, 0.717) is 11.8 Å². The van der Waals surface area contributed by atoms with E-state index < -0.39 is 37.3 Å². The van der Waals surface area contributed by atoms with Crippen molar-refractivity contribution in [1.82, 2.24) is 4.14 Å². The molecule has 0 amide bonds. The third-order valence-electron chi connectivity index (χ3n) is 10.9. The number of hydrogen-bond donors (Lipinski definition) is 0. The summed E-state index contributed by atoms with van der Waals surface area (Å²) in [6.07, 6.45) is 7.09. The number of rotatable bonds is 12. The Labute approximate surface area is 370 Å². The van der Waals surface area contributed by atoms with Gasteiger partial charge >= 0.3 is 37.9 Å². The molecule has 0 aliphatic carbocycles. The van der Waals surface area contributed by atoms with Crippen LogP contribution in [-0.4, -0.2) is 28.6 Å². The zero-order valence-corrected chi connectivity index (χ0v) is 43.0. The number of halogens is 2. The normalized spacial score (nSPS) is 12.5. The summed E-state index contributed by atoms with van der Waals surface area (Å²) < 4.78 is 2.15. The van der Waals surface area contributed by atoms with Crippen molar-refractivity contribution in [1.29, 1.82) is 0 Å². The number of benzene rings is 4. The first-order valence-corrected chi connectivity index (χ1v) is 34.3. The molecule has 2 radical (unpaired) electrons. The van der Waals surface area contributed by atoms with E-state index in [-0.39, 0.29) is 0 Å². The van der Waals surface area contributed by atoms with Crippen LogP contribution in [0.2, 0.25) is 39.3 Å². The average molecular weight is 912 g/mol. The van der Waals surface area contributed by atoms with Crippen LogP contribution in [0.5, 0.6) is 0 Å². The van der Waals surface area contributed by atoms with Crippen molar-refractivity contribution in [3.63, 3.8) is 0 Å². The molecule has 0 spiro atoms. The minimum atomic E-state index is -1.22. The summed E-state index contributed by atoms with van der Waals surface area (Å²) in [4.78, 5) is 0. The van der Waals surface area contributed by atoms with Gasteiger partial charge in [0.05, 0.1) is 0 Å². The van der Waals surface area contributed by atoms with Crippen LogP contribution in [0.1, 0.15) is 101 Å². The molecule has 6 aromatic carbocycles. The summed E-state index contributed by atoms with van der Waals surface area (Å²) in [5, 5.41) is 5.56. The predicted molar refractivity (Wildman–Crippen MR) is 261 cm³/mol. The maximum atomic E-state index is 5.98. The fourth-order valence-electron chi connectivity index (χ4n) is 7.72. The molecule has 0 aromatic heterocycles. The topological polar surface area (TPSA) is 3.24 Å². The van der Waals surface area contributed by atoms with E-state index >= 15 is 0 Å². The van der Waals surface area contributed by atoms with Gasteiger partial charge < -0.3 is 4.14 Å². The van der Waals surface area contributed by atoms with Crippen molar-refractivity contribution in [3.8, 4) is 22.3 Å². The van der Waals surface area contributed by atoms with Crippen LogP contribution in [0.3, 0.4) is 0 Å². The zero-order chi connectivity index (χ0) is 42.3. The molecule has 0 aliphatic rings. The van der Waals surface area contributed by atoms with Gasteiger partial charge in [-0.2, -0.15) is 12.1 Å². The van der Waals surface area contributed by atoms with Gasteiger partial charge in [-0.15, -0.1) is 69.1 Å². The van der Waals surface area contributed by atoms with Crippen LogP contribution >= 0.6 is 17.0 Å². The van der Waals surface area contributed by atoms with E-state index in [0.717, 1.165) is 0 Å². The molecule has 0 saturated carbocycles. The third-order valence-corrected chi connectivity index (χ3v) is 17.8. The van der Waals surface area contributed by atoms with Gasteiger partial charge in [-0.05, 0) is 59.8 Å². The predicted octanol–water partition coefficient (Wildman–Crippen LogP) is 16.8. The van der Waals surface area contributed by atoms with Crippen LogP contribution < -0.4 is 0 Å². The van der Waals surface area contributed by atoms with E-state index in [1.807, 2.05) is 0 Å². The molecule has 1 nitrogen and oxygen atoms in total. The SMILES string of the molecule is CCCc1cc2c(-c3ccccc3C(C)CC)cccc2[cH-]1.CCCc1cc2c(-c3ccccc3C(C)CC)cccc2[cH-]1.[B]N([Si](C)(C)C)[Si](C)(C)C.[Cl][Zr+2][Cl]. The first-order valence-electron chi connectivity index (χ1n) is 21.1. The van der Waals surface area contributed by atoms with Gasteiger partial charge in [0.2, 0.25) is 0 Å². The van der Waals surface area contributed by atoms with Crippen LogP contribution in [0.25, 0.3) is 43.8 Å². The molecule has 6 aromatic rings. The monoisotopic (exact) mass is 909 g/mol. The van der Waals surface area contributed by atoms with Crippen LogP contribution in [-0.2, 0) is 33.7 Å². The fraction of sp³-hybridized carbons (Fsp3) is 0.400. The molecule has 0 heterocycles. The van der Waals surface area contributed by atoms with E-state index in [1.54, 1.807) is 0 Å². The van der Waals surface area contributed by atoms with Gasteiger partial charge in [-0.1, -0.05) is 165 Å². The number of hydrogen-bond acceptors (Lipinski definition) is 1. The Balaban J connectivity index is 0.000000236. The molecule has 6 rings (SSSR count). The average Bonchev–Trinajstić information content (AvgIpc) is 3.81. The second kappa shape index (κ2) is 23.7. The number of fused-ring (bicyclic) bond motifs is 2. The van der Waals surface area contributed by atoms with Crippen LogP contribution in [0, 0.1) is 0 Å². The van der Waals surface area contributed by atoms with Crippen LogP contribution in [0.4, 0.5) is 0 Å². The van der Waals surface area contributed by atoms with Crippen molar-refractivity contribution in [2.24, 2.45) is 0 Å². The van der Waals surface area contributed by atoms with Gasteiger partial charge in [0.25, 0.3) is 0 Å². The summed E-state index contributed by atoms with van der Waals surface area (Å²) in [5.41, 5.74) is 11.4. The Morgan fingerprint density at radius 1 is 0.561 bits per heavy atom. The summed E-state index contributed by atoms with van der Waals surface area (Å²) in [6, 6.07) is 40.7. The van der Waals surface area contributed by atoms with E-state index in [1.165, 1.54) is 105 Å². The first-order chi connectivity index (χ1) is 27.1. The second-order valence-corrected chi connectivity index (χ2v) is 31.2. The summed E-state index contributed by atoms with van der Waals surface area (Å²) in [7, 11) is 13.4. The van der Waals surface area contributed by atoms with Gasteiger partial charge in [-0.25, -0.2) is 0 Å². The van der Waals surface area contributed by atoms with Crippen molar-refractivity contribution in [2.75, 3.05) is 0 Å². The molecule has 302 valence electrons. The molecule has 2 unspecified atom stereocenters. The van der Waals surface area contributed by atoms with E-state index in [2.05, 4.69) is 194 Å². The van der Waals surface area contributed by atoms with Crippen molar-refractivity contribution >= 4 is 63.0 Å². The number of nitrogens with zero attached hydrogens (tertiary/aromatic N) is 1. The van der Waals surface area contributed by atoms with E-state index in [9.17, 15) is 0 Å². The van der Waals surface area contributed by atoms with Crippen molar-refractivity contribution in [3.05, 3.63) is 131 Å². The summed E-state index contributed by atoms with van der Waals surface area (Å²) >= 11 is -0.826. The maximum absolute atomic E-state index is 5.98. The molecular weight excluding hydrogens is 844 g/mol. The van der Waals surface area contributed by atoms with E-state index in [4.69, 9.17) is 25.0 Å². The van der Waals surface area contributed by atoms with Gasteiger partial charge in [0, 0.05) is 0 Å². The van der Waals surface area contributed by atoms with Gasteiger partial charge in [0.15, 0.2) is 7.98 Å². The summed E-state index contributed by atoms with van der Waals surface area (Å²) in [5.74, 6) is 1.19. The van der Waals surface area contributed by atoms with Gasteiger partial charge in [-0.3, -0.25) is 0 Å². The number of aryl methyl sites for hydroxylation is 2. The molecule has 0 saturated heterocycles. The molecule has 0 bridgehead atoms. The third kappa shape index (κ3) is 14.0. The standard InChI is InChI=1S/2C22H25.C6H18BNSi2.2ClH.Zr/c2*1-4-9-17-14-18-10-8-13-21(22(18)15-17)20-12-7-6-11-19(20)16(3)5-2;1-9(2,3)8(7)10(4,5)6;;;/h2*6-8,10-16H,4-5,9H2,1-3H3;1-6H3;2*1H;/q2*-1;;;;+4/p-2. The molecule has 57 heavy (non-hydrogen) atoms. The van der Waals surface area contributed by atoms with Crippen LogP contribution in [0.15, 0.2) is 109 Å². The van der Waals surface area contributed by atoms with Crippen molar-refractivity contribution < 1.29 is 20.8 Å². The molecule has 0 aliphatic heterocycles. The molecule has 0 fully saturated rings. The molecule has 0 N–H and O–H groups in total. The quantitative estimate of drug-likeness (QED) is 0.0873. The Bertz CT molecular complexity index is 1940. The zero-order valence-electron chi connectivity index (χ0n) is 37.1. The van der Waals surface area contributed by atoms with Crippen molar-refractivity contribution in [2.45, 2.75) is 131 Å². The minimum absolute atomic E-state index is 0.594. The molecule has 2 atom stereocenters. The Hall–Kier alpha value is -1.98. The molecular formula is C50H68BCl2NSi2Zr. The Kier molecular flexibility index (Phi) is 20.5. The fourth-order valence-corrected chi connectivity index (χ4v) is 15.8. The van der Waals surface area contributed by atoms with Gasteiger partial charge in [0.1, 0.15) is 16.5 Å². The molecule has 7 heteroatoms. The first kappa shape index (κ1) is 49.4. The Morgan fingerprint density at radius 3 is 1.19 bits per heavy atom. The summed E-state index contributed by atoms with van der Waals surface area (Å²) in [6.45, 7) is 27.4. The second-order valence-electron chi connectivity index (χ2n) is 17.4. The Morgan fingerprint density at radius 2 is 0.895 bits per heavy atom.